The average molecular weight is 322 g/mol. The van der Waals surface area contributed by atoms with Crippen LogP contribution in [0.25, 0.3) is 0 Å². The molecule has 0 fully saturated rings. The number of alkyl halides is 6. The molecule has 0 amide bonds. The van der Waals surface area contributed by atoms with E-state index in [0.29, 0.717) is 6.42 Å². The first kappa shape index (κ1) is 20.1. The number of unbranched alkanes of at least 4 members (excludes halogenated alkanes) is 6. The Morgan fingerprint density at radius 3 is 1.90 bits per heavy atom. The Kier molecular flexibility index (Phi) is 8.73. The van der Waals surface area contributed by atoms with E-state index in [0.717, 1.165) is 32.1 Å². The van der Waals surface area contributed by atoms with Crippen LogP contribution in [0.4, 0.5) is 26.3 Å². The van der Waals surface area contributed by atoms with E-state index >= 15 is 0 Å². The summed E-state index contributed by atoms with van der Waals surface area (Å²) in [6, 6.07) is 0. The Morgan fingerprint density at radius 1 is 0.952 bits per heavy atom. The summed E-state index contributed by atoms with van der Waals surface area (Å²) in [6.07, 6.45) is -10.2. The predicted molar refractivity (Wildman–Crippen MR) is 64.6 cm³/mol. The van der Waals surface area contributed by atoms with E-state index in [1.54, 1.807) is 0 Å². The molecule has 21 heavy (non-hydrogen) atoms. The molecule has 0 saturated heterocycles. The van der Waals surface area contributed by atoms with Crippen molar-refractivity contribution in [3.63, 3.8) is 0 Å². The third kappa shape index (κ3) is 8.83. The minimum atomic E-state index is -5.77. The zero-order valence-electron chi connectivity index (χ0n) is 11.8. The van der Waals surface area contributed by atoms with Crippen molar-refractivity contribution >= 4 is 5.97 Å². The highest BCUT2D eigenvalue weighted by atomic mass is 19.4. The van der Waals surface area contributed by atoms with E-state index in [1.165, 1.54) is 0 Å². The zero-order valence-corrected chi connectivity index (χ0v) is 11.8. The lowest BCUT2D eigenvalue weighted by Gasteiger charge is -2.21. The van der Waals surface area contributed by atoms with Gasteiger partial charge in [0.15, 0.2) is 0 Å². The Hall–Kier alpha value is -0.950. The lowest BCUT2D eigenvalue weighted by atomic mass is 10.1. The Bertz CT molecular complexity index is 304. The highest BCUT2D eigenvalue weighted by Gasteiger charge is 2.59. The first-order valence-electron chi connectivity index (χ1n) is 6.91. The van der Waals surface area contributed by atoms with Crippen molar-refractivity contribution in [1.82, 2.24) is 0 Å². The molecule has 1 atom stereocenters. The highest BCUT2D eigenvalue weighted by molar-refractivity contribution is 5.69. The van der Waals surface area contributed by atoms with E-state index in [2.05, 4.69) is 11.7 Å². The van der Waals surface area contributed by atoms with Crippen molar-refractivity contribution in [2.24, 2.45) is 0 Å². The van der Waals surface area contributed by atoms with Gasteiger partial charge in [-0.1, -0.05) is 45.4 Å². The fourth-order valence-corrected chi connectivity index (χ4v) is 1.67. The molecule has 0 aromatic heterocycles. The third-order valence-electron chi connectivity index (χ3n) is 2.82. The van der Waals surface area contributed by atoms with Gasteiger partial charge in [-0.3, -0.25) is 4.79 Å². The fraction of sp³-hybridized carbons (Fsp3) is 0.923. The van der Waals surface area contributed by atoms with Crippen molar-refractivity contribution in [1.29, 1.82) is 0 Å². The van der Waals surface area contributed by atoms with Crippen LogP contribution in [0.15, 0.2) is 0 Å². The summed E-state index contributed by atoms with van der Waals surface area (Å²) in [4.78, 5) is 11.0. The molecule has 0 radical (unpaired) electrons. The normalized spacial score (nSPS) is 14.0. The summed E-state index contributed by atoms with van der Waals surface area (Å²) in [6.45, 7) is 2.05. The molecule has 0 spiro atoms. The standard InChI is InChI=1S/C13H20F6O2/c1-2-3-4-5-6-7-8-9-10(20)21-13(18,19)11(14)12(15,16)17/h11H,2-9H2,1H3. The molecule has 0 bridgehead atoms. The van der Waals surface area contributed by atoms with Crippen molar-refractivity contribution in [3.05, 3.63) is 0 Å². The molecular formula is C13H20F6O2. The molecule has 2 nitrogen and oxygen atoms in total. The first-order chi connectivity index (χ1) is 9.61. The topological polar surface area (TPSA) is 26.3 Å². The smallest absolute Gasteiger partial charge is 0.398 e. The quantitative estimate of drug-likeness (QED) is 0.315. The van der Waals surface area contributed by atoms with Crippen molar-refractivity contribution in [2.45, 2.75) is 76.7 Å². The zero-order chi connectivity index (χ0) is 16.5. The van der Waals surface area contributed by atoms with E-state index in [4.69, 9.17) is 0 Å². The van der Waals surface area contributed by atoms with Crippen molar-refractivity contribution < 1.29 is 35.9 Å². The van der Waals surface area contributed by atoms with Crippen LogP contribution >= 0.6 is 0 Å². The average Bonchev–Trinajstić information content (AvgIpc) is 2.35. The summed E-state index contributed by atoms with van der Waals surface area (Å²) in [5.41, 5.74) is 0. The van der Waals surface area contributed by atoms with Gasteiger partial charge in [-0.2, -0.15) is 22.0 Å². The molecule has 1 unspecified atom stereocenters. The van der Waals surface area contributed by atoms with Crippen LogP contribution in [-0.2, 0) is 9.53 Å². The fourth-order valence-electron chi connectivity index (χ4n) is 1.67. The lowest BCUT2D eigenvalue weighted by Crippen LogP contribution is -2.44. The highest BCUT2D eigenvalue weighted by Crippen LogP contribution is 2.35. The summed E-state index contributed by atoms with van der Waals surface area (Å²) in [7, 11) is 0. The number of hydrogen-bond acceptors (Lipinski definition) is 2. The second-order valence-electron chi connectivity index (χ2n) is 4.81. The van der Waals surface area contributed by atoms with Gasteiger partial charge in [0, 0.05) is 6.42 Å². The lowest BCUT2D eigenvalue weighted by molar-refractivity contribution is -0.322. The molecular weight excluding hydrogens is 302 g/mol. The van der Waals surface area contributed by atoms with Gasteiger partial charge in [0.25, 0.3) is 6.17 Å². The van der Waals surface area contributed by atoms with Crippen molar-refractivity contribution in [2.75, 3.05) is 0 Å². The third-order valence-corrected chi connectivity index (χ3v) is 2.82. The summed E-state index contributed by atoms with van der Waals surface area (Å²) in [5.74, 6) is -1.53. The minimum absolute atomic E-state index is 0.226. The first-order valence-corrected chi connectivity index (χ1v) is 6.91. The van der Waals surface area contributed by atoms with Gasteiger partial charge in [0.1, 0.15) is 0 Å². The SMILES string of the molecule is CCCCCCCCCC(=O)OC(F)(F)C(F)C(F)(F)F. The monoisotopic (exact) mass is 322 g/mol. The van der Waals surface area contributed by atoms with Gasteiger partial charge in [-0.25, -0.2) is 4.39 Å². The van der Waals surface area contributed by atoms with Gasteiger partial charge in [0.2, 0.25) is 0 Å². The number of esters is 1. The van der Waals surface area contributed by atoms with Crippen LogP contribution in [0.1, 0.15) is 58.3 Å². The molecule has 0 aromatic rings. The van der Waals surface area contributed by atoms with Crippen LogP contribution in [0, 0.1) is 0 Å². The molecule has 8 heteroatoms. The van der Waals surface area contributed by atoms with Gasteiger partial charge < -0.3 is 4.74 Å². The van der Waals surface area contributed by atoms with Gasteiger partial charge in [0.05, 0.1) is 0 Å². The second kappa shape index (κ2) is 9.15. The molecule has 0 aliphatic carbocycles. The maximum Gasteiger partial charge on any atom is 0.441 e. The van der Waals surface area contributed by atoms with E-state index in [-0.39, 0.29) is 6.42 Å². The molecule has 0 N–H and O–H groups in total. The predicted octanol–water partition coefficient (Wildman–Crippen LogP) is 5.16. The number of carbonyl (C=O) groups excluding carboxylic acids is 1. The maximum atomic E-state index is 12.7. The number of rotatable bonds is 10. The maximum absolute atomic E-state index is 12.7. The second-order valence-corrected chi connectivity index (χ2v) is 4.81. The van der Waals surface area contributed by atoms with Crippen molar-refractivity contribution in [3.8, 4) is 0 Å². The minimum Gasteiger partial charge on any atom is -0.398 e. The Morgan fingerprint density at radius 2 is 1.43 bits per heavy atom. The molecule has 0 heterocycles. The summed E-state index contributed by atoms with van der Waals surface area (Å²) in [5, 5.41) is 0. The van der Waals surface area contributed by atoms with Gasteiger partial charge in [-0.05, 0) is 6.42 Å². The molecule has 0 saturated carbocycles. The number of ether oxygens (including phenoxy) is 1. The summed E-state index contributed by atoms with van der Waals surface area (Å²) < 4.78 is 76.7. The summed E-state index contributed by atoms with van der Waals surface area (Å²) >= 11 is 0. The number of hydrogen-bond donors (Lipinski definition) is 0. The van der Waals surface area contributed by atoms with Crippen LogP contribution in [0.3, 0.4) is 0 Å². The Labute approximate surface area is 119 Å². The molecule has 0 rings (SSSR count). The number of carbonyl (C=O) groups is 1. The van der Waals surface area contributed by atoms with Crippen LogP contribution in [-0.4, -0.2) is 24.4 Å². The van der Waals surface area contributed by atoms with E-state index < -0.39 is 30.8 Å². The van der Waals surface area contributed by atoms with E-state index in [9.17, 15) is 31.1 Å². The molecule has 126 valence electrons. The number of halogens is 6. The largest absolute Gasteiger partial charge is 0.441 e. The van der Waals surface area contributed by atoms with Gasteiger partial charge >= 0.3 is 18.3 Å². The van der Waals surface area contributed by atoms with Crippen LogP contribution in [0.2, 0.25) is 0 Å². The Balaban J connectivity index is 3.93. The van der Waals surface area contributed by atoms with Gasteiger partial charge in [-0.15, -0.1) is 0 Å². The van der Waals surface area contributed by atoms with Crippen LogP contribution < -0.4 is 0 Å². The molecule has 0 aliphatic rings. The van der Waals surface area contributed by atoms with Crippen LogP contribution in [0.5, 0.6) is 0 Å². The van der Waals surface area contributed by atoms with E-state index in [1.807, 2.05) is 0 Å². The molecule has 0 aromatic carbocycles. The molecule has 0 aliphatic heterocycles.